The Morgan fingerprint density at radius 3 is 2.68 bits per heavy atom. The molecule has 0 bridgehead atoms. The number of halogens is 1. The first-order chi connectivity index (χ1) is 9.11. The van der Waals surface area contributed by atoms with Gasteiger partial charge in [0.15, 0.2) is 0 Å². The summed E-state index contributed by atoms with van der Waals surface area (Å²) in [5.74, 6) is 1.85. The van der Waals surface area contributed by atoms with Crippen LogP contribution in [-0.4, -0.2) is 13.6 Å². The number of nitrogens with two attached hydrogens (primary N) is 1. The van der Waals surface area contributed by atoms with Gasteiger partial charge in [0.25, 0.3) is 0 Å². The number of furan rings is 1. The second-order valence-electron chi connectivity index (χ2n) is 4.65. The molecule has 0 aliphatic heterocycles. The average Bonchev–Trinajstić information content (AvgIpc) is 2.75. The number of rotatable bonds is 5. The van der Waals surface area contributed by atoms with Crippen molar-refractivity contribution < 1.29 is 4.42 Å². The zero-order chi connectivity index (χ0) is 13.8. The molecule has 2 aromatic rings. The fourth-order valence-electron chi connectivity index (χ4n) is 2.23. The lowest BCUT2D eigenvalue weighted by Crippen LogP contribution is -2.19. The van der Waals surface area contributed by atoms with Gasteiger partial charge in [0, 0.05) is 7.05 Å². The summed E-state index contributed by atoms with van der Waals surface area (Å²) in [7, 11) is 2.01. The van der Waals surface area contributed by atoms with Gasteiger partial charge in [0.2, 0.25) is 0 Å². The predicted octanol–water partition coefficient (Wildman–Crippen LogP) is 3.38. The van der Waals surface area contributed by atoms with Gasteiger partial charge in [-0.3, -0.25) is 0 Å². The highest BCUT2D eigenvalue weighted by atomic mass is 35.5. The van der Waals surface area contributed by atoms with Gasteiger partial charge in [-0.15, -0.1) is 0 Å². The Hall–Kier alpha value is -1.45. The van der Waals surface area contributed by atoms with Crippen molar-refractivity contribution in [3.05, 3.63) is 52.4 Å². The SMILES string of the molecule is Cc1ccc(CN(C)c2c(Cl)cccc2CCN)o1. The van der Waals surface area contributed by atoms with Crippen molar-refractivity contribution in [2.24, 2.45) is 5.73 Å². The van der Waals surface area contributed by atoms with Gasteiger partial charge in [-0.05, 0) is 43.7 Å². The van der Waals surface area contributed by atoms with Crippen LogP contribution in [0.3, 0.4) is 0 Å². The van der Waals surface area contributed by atoms with Crippen LogP contribution in [0.2, 0.25) is 5.02 Å². The summed E-state index contributed by atoms with van der Waals surface area (Å²) in [5, 5.41) is 0.747. The molecule has 0 radical (unpaired) electrons. The van der Waals surface area contributed by atoms with E-state index in [0.29, 0.717) is 13.1 Å². The Morgan fingerprint density at radius 2 is 2.05 bits per heavy atom. The summed E-state index contributed by atoms with van der Waals surface area (Å²) in [6, 6.07) is 9.89. The fourth-order valence-corrected chi connectivity index (χ4v) is 2.57. The van der Waals surface area contributed by atoms with Crippen molar-refractivity contribution in [2.45, 2.75) is 19.9 Å². The van der Waals surface area contributed by atoms with Gasteiger partial charge in [0.1, 0.15) is 11.5 Å². The minimum Gasteiger partial charge on any atom is -0.464 e. The van der Waals surface area contributed by atoms with Crippen molar-refractivity contribution in [1.82, 2.24) is 0 Å². The van der Waals surface area contributed by atoms with Crippen molar-refractivity contribution in [1.29, 1.82) is 0 Å². The van der Waals surface area contributed by atoms with Crippen LogP contribution in [0.4, 0.5) is 5.69 Å². The van der Waals surface area contributed by atoms with Crippen LogP contribution in [0.5, 0.6) is 0 Å². The summed E-state index contributed by atoms with van der Waals surface area (Å²) in [4.78, 5) is 2.10. The average molecular weight is 279 g/mol. The molecule has 4 heteroatoms. The Morgan fingerprint density at radius 1 is 1.26 bits per heavy atom. The van der Waals surface area contributed by atoms with Crippen LogP contribution >= 0.6 is 11.6 Å². The van der Waals surface area contributed by atoms with Crippen molar-refractivity contribution in [3.8, 4) is 0 Å². The molecule has 3 nitrogen and oxygen atoms in total. The lowest BCUT2D eigenvalue weighted by molar-refractivity contribution is 0.481. The van der Waals surface area contributed by atoms with Gasteiger partial charge in [-0.25, -0.2) is 0 Å². The van der Waals surface area contributed by atoms with E-state index < -0.39 is 0 Å². The molecule has 1 aromatic heterocycles. The summed E-state index contributed by atoms with van der Waals surface area (Å²) in [6.07, 6.45) is 0.817. The molecule has 2 rings (SSSR count). The quantitative estimate of drug-likeness (QED) is 0.912. The lowest BCUT2D eigenvalue weighted by atomic mass is 10.1. The van der Waals surface area contributed by atoms with Crippen molar-refractivity contribution >= 4 is 17.3 Å². The largest absolute Gasteiger partial charge is 0.464 e. The maximum atomic E-state index is 6.32. The maximum Gasteiger partial charge on any atom is 0.123 e. The Kier molecular flexibility index (Phi) is 4.51. The topological polar surface area (TPSA) is 42.4 Å². The molecule has 19 heavy (non-hydrogen) atoms. The summed E-state index contributed by atoms with van der Waals surface area (Å²) in [6.45, 7) is 3.25. The fraction of sp³-hybridized carbons (Fsp3) is 0.333. The molecule has 2 N–H and O–H groups in total. The van der Waals surface area contributed by atoms with Gasteiger partial charge in [-0.1, -0.05) is 23.7 Å². The van der Waals surface area contributed by atoms with Crippen LogP contribution in [0, 0.1) is 6.92 Å². The molecule has 102 valence electrons. The van der Waals surface area contributed by atoms with E-state index >= 15 is 0 Å². The molecule has 0 atom stereocenters. The van der Waals surface area contributed by atoms with E-state index in [1.807, 2.05) is 38.2 Å². The standard InChI is InChI=1S/C15H19ClN2O/c1-11-6-7-13(19-11)10-18(2)15-12(8-9-17)4-3-5-14(15)16/h3-7H,8-10,17H2,1-2H3. The first-order valence-electron chi connectivity index (χ1n) is 6.35. The Labute approximate surface area is 119 Å². The normalized spacial score (nSPS) is 10.7. The summed E-state index contributed by atoms with van der Waals surface area (Å²) >= 11 is 6.32. The maximum absolute atomic E-state index is 6.32. The van der Waals surface area contributed by atoms with Gasteiger partial charge >= 0.3 is 0 Å². The summed E-state index contributed by atoms with van der Waals surface area (Å²) < 4.78 is 5.61. The van der Waals surface area contributed by atoms with Crippen LogP contribution in [0.1, 0.15) is 17.1 Å². The molecule has 1 heterocycles. The molecule has 0 saturated heterocycles. The summed E-state index contributed by atoms with van der Waals surface area (Å²) in [5.41, 5.74) is 7.85. The Balaban J connectivity index is 2.24. The number of hydrogen-bond acceptors (Lipinski definition) is 3. The molecule has 0 unspecified atom stereocenters. The molecule has 0 amide bonds. The third-order valence-electron chi connectivity index (χ3n) is 3.05. The smallest absolute Gasteiger partial charge is 0.123 e. The third kappa shape index (κ3) is 3.31. The van der Waals surface area contributed by atoms with Crippen molar-refractivity contribution in [2.75, 3.05) is 18.5 Å². The minimum absolute atomic E-state index is 0.612. The van der Waals surface area contributed by atoms with Crippen LogP contribution < -0.4 is 10.6 Å². The number of hydrogen-bond donors (Lipinski definition) is 1. The monoisotopic (exact) mass is 278 g/mol. The third-order valence-corrected chi connectivity index (χ3v) is 3.36. The first-order valence-corrected chi connectivity index (χ1v) is 6.73. The van der Waals surface area contributed by atoms with Crippen molar-refractivity contribution in [3.63, 3.8) is 0 Å². The Bertz CT molecular complexity index is 551. The van der Waals surface area contributed by atoms with Gasteiger partial charge in [-0.2, -0.15) is 0 Å². The number of anilines is 1. The van der Waals surface area contributed by atoms with Gasteiger partial charge < -0.3 is 15.1 Å². The number of benzene rings is 1. The molecule has 0 aliphatic carbocycles. The van der Waals surface area contributed by atoms with Gasteiger partial charge in [0.05, 0.1) is 17.3 Å². The second kappa shape index (κ2) is 6.13. The first kappa shape index (κ1) is 14.0. The second-order valence-corrected chi connectivity index (χ2v) is 5.06. The molecule has 0 fully saturated rings. The molecular weight excluding hydrogens is 260 g/mol. The molecule has 0 aliphatic rings. The highest BCUT2D eigenvalue weighted by Gasteiger charge is 2.13. The molecule has 1 aromatic carbocycles. The van der Waals surface area contributed by atoms with E-state index in [4.69, 9.17) is 21.8 Å². The zero-order valence-corrected chi connectivity index (χ0v) is 12.1. The molecular formula is C15H19ClN2O. The van der Waals surface area contributed by atoms with E-state index in [2.05, 4.69) is 11.0 Å². The van der Waals surface area contributed by atoms with Crippen LogP contribution in [0.15, 0.2) is 34.7 Å². The van der Waals surface area contributed by atoms with E-state index in [-0.39, 0.29) is 0 Å². The van der Waals surface area contributed by atoms with E-state index in [1.165, 1.54) is 5.56 Å². The lowest BCUT2D eigenvalue weighted by Gasteiger charge is -2.22. The van der Waals surface area contributed by atoms with E-state index in [0.717, 1.165) is 28.7 Å². The predicted molar refractivity (Wildman–Crippen MR) is 79.8 cm³/mol. The zero-order valence-electron chi connectivity index (χ0n) is 11.3. The molecule has 0 spiro atoms. The minimum atomic E-state index is 0.612. The van der Waals surface area contributed by atoms with E-state index in [9.17, 15) is 0 Å². The highest BCUT2D eigenvalue weighted by Crippen LogP contribution is 2.30. The van der Waals surface area contributed by atoms with Crippen LogP contribution in [0.25, 0.3) is 0 Å². The molecule has 0 saturated carbocycles. The number of aryl methyl sites for hydroxylation is 1. The number of para-hydroxylation sites is 1. The number of nitrogens with zero attached hydrogens (tertiary/aromatic N) is 1. The van der Waals surface area contributed by atoms with E-state index in [1.54, 1.807) is 0 Å². The highest BCUT2D eigenvalue weighted by molar-refractivity contribution is 6.33. The van der Waals surface area contributed by atoms with Crippen LogP contribution in [-0.2, 0) is 13.0 Å².